The molecule has 0 saturated heterocycles. The third-order valence-electron chi connectivity index (χ3n) is 6.16. The summed E-state index contributed by atoms with van der Waals surface area (Å²) in [5.74, 6) is -1.02. The number of carboxylic acid groups (broad SMARTS) is 1. The Morgan fingerprint density at radius 1 is 1.19 bits per heavy atom. The Kier molecular flexibility index (Phi) is 6.22. The lowest BCUT2D eigenvalue weighted by molar-refractivity contribution is -0.160. The van der Waals surface area contributed by atoms with Crippen molar-refractivity contribution in [1.82, 2.24) is 20.0 Å². The number of allylic oxidation sites excluding steroid dienone is 4. The molecule has 0 aliphatic heterocycles. The van der Waals surface area contributed by atoms with Gasteiger partial charge in [-0.3, -0.25) is 0 Å². The van der Waals surface area contributed by atoms with Crippen molar-refractivity contribution in [3.63, 3.8) is 0 Å². The molecule has 1 atom stereocenters. The fourth-order valence-electron chi connectivity index (χ4n) is 4.57. The van der Waals surface area contributed by atoms with Crippen LogP contribution in [0.4, 0.5) is 0 Å². The van der Waals surface area contributed by atoms with E-state index in [1.807, 2.05) is 71.2 Å². The molecule has 0 spiro atoms. The van der Waals surface area contributed by atoms with Gasteiger partial charge in [0.05, 0.1) is 21.3 Å². The van der Waals surface area contributed by atoms with Crippen molar-refractivity contribution >= 4 is 55.7 Å². The van der Waals surface area contributed by atoms with Crippen LogP contribution in [-0.4, -0.2) is 36.7 Å². The van der Waals surface area contributed by atoms with Crippen LogP contribution in [0.3, 0.4) is 0 Å². The SMILES string of the molecule is Cc1cc2nc(-c3ccc4c(c3)nnn4C)sc2c(C2=CC=C(Cl)CC2)c1[C@H](OC(C)(C)C)C(=O)O. The molecule has 0 bridgehead atoms. The minimum Gasteiger partial charge on any atom is -0.479 e. The van der Waals surface area contributed by atoms with Gasteiger partial charge in [0.25, 0.3) is 0 Å². The van der Waals surface area contributed by atoms with Crippen molar-refractivity contribution in [2.24, 2.45) is 7.05 Å². The normalized spacial score (nSPS) is 15.3. The molecular weight excluding hydrogens is 496 g/mol. The molecule has 4 aromatic rings. The number of carboxylic acids is 1. The molecule has 1 N–H and O–H groups in total. The number of carbonyl (C=O) groups is 1. The van der Waals surface area contributed by atoms with E-state index in [4.69, 9.17) is 21.3 Å². The summed E-state index contributed by atoms with van der Waals surface area (Å²) in [5, 5.41) is 20.2. The Hall–Kier alpha value is -3.07. The molecule has 7 nitrogen and oxygen atoms in total. The Labute approximate surface area is 218 Å². The molecule has 5 rings (SSSR count). The summed E-state index contributed by atoms with van der Waals surface area (Å²) < 4.78 is 8.78. The van der Waals surface area contributed by atoms with Gasteiger partial charge in [-0.25, -0.2) is 14.5 Å². The fraction of sp³-hybridized carbons (Fsp3) is 0.333. The van der Waals surface area contributed by atoms with Crippen LogP contribution in [0, 0.1) is 6.92 Å². The third-order valence-corrected chi connectivity index (χ3v) is 7.62. The minimum absolute atomic E-state index is 0.642. The van der Waals surface area contributed by atoms with Crippen molar-refractivity contribution in [1.29, 1.82) is 0 Å². The zero-order valence-corrected chi connectivity index (χ0v) is 22.4. The van der Waals surface area contributed by atoms with E-state index in [0.717, 1.165) is 53.6 Å². The Morgan fingerprint density at radius 3 is 2.64 bits per heavy atom. The van der Waals surface area contributed by atoms with Crippen LogP contribution in [-0.2, 0) is 16.6 Å². The van der Waals surface area contributed by atoms with Gasteiger partial charge in [-0.2, -0.15) is 0 Å². The van der Waals surface area contributed by atoms with Crippen LogP contribution >= 0.6 is 22.9 Å². The van der Waals surface area contributed by atoms with E-state index in [-0.39, 0.29) is 0 Å². The smallest absolute Gasteiger partial charge is 0.337 e. The summed E-state index contributed by atoms with van der Waals surface area (Å²) in [5.41, 5.74) is 6.28. The lowest BCUT2D eigenvalue weighted by atomic mass is 9.88. The number of benzene rings is 2. The molecule has 0 saturated carbocycles. The molecule has 1 aliphatic carbocycles. The molecule has 186 valence electrons. The molecule has 0 radical (unpaired) electrons. The van der Waals surface area contributed by atoms with Crippen LogP contribution in [0.25, 0.3) is 37.4 Å². The highest BCUT2D eigenvalue weighted by atomic mass is 35.5. The van der Waals surface area contributed by atoms with E-state index in [1.54, 1.807) is 16.0 Å². The molecule has 0 fully saturated rings. The van der Waals surface area contributed by atoms with Crippen molar-refractivity contribution in [2.75, 3.05) is 0 Å². The van der Waals surface area contributed by atoms with Crippen molar-refractivity contribution in [3.05, 3.63) is 58.1 Å². The van der Waals surface area contributed by atoms with E-state index in [1.165, 1.54) is 0 Å². The highest BCUT2D eigenvalue weighted by Gasteiger charge is 2.33. The molecule has 2 aromatic carbocycles. The number of hydrogen-bond donors (Lipinski definition) is 1. The van der Waals surface area contributed by atoms with Crippen molar-refractivity contribution < 1.29 is 14.6 Å². The minimum atomic E-state index is -1.12. The van der Waals surface area contributed by atoms with Gasteiger partial charge in [0.15, 0.2) is 6.10 Å². The maximum absolute atomic E-state index is 12.5. The standard InChI is InChI=1S/C27H27ClN4O3S/c1-14-12-19-24(36-25(29-19)16-8-11-20-18(13-16)30-31-32(20)5)22(15-6-9-17(28)10-7-15)21(14)23(26(33)34)35-27(2,3)4/h6,8-9,11-13,23H,7,10H2,1-5H3,(H,33,34)/t23-/m0/s1. The highest BCUT2D eigenvalue weighted by Crippen LogP contribution is 2.44. The lowest BCUT2D eigenvalue weighted by Gasteiger charge is -2.28. The summed E-state index contributed by atoms with van der Waals surface area (Å²) >= 11 is 7.82. The quantitative estimate of drug-likeness (QED) is 0.310. The van der Waals surface area contributed by atoms with Gasteiger partial charge in [-0.05, 0) is 82.0 Å². The van der Waals surface area contributed by atoms with E-state index in [0.29, 0.717) is 18.4 Å². The molecule has 9 heteroatoms. The van der Waals surface area contributed by atoms with Crippen molar-refractivity contribution in [2.45, 2.75) is 52.2 Å². The molecule has 0 unspecified atom stereocenters. The second-order valence-electron chi connectivity index (χ2n) is 10.0. The zero-order valence-electron chi connectivity index (χ0n) is 20.8. The van der Waals surface area contributed by atoms with Crippen LogP contribution in [0.1, 0.15) is 56.4 Å². The number of aliphatic carboxylic acids is 1. The number of thiazole rings is 1. The first kappa shape index (κ1) is 24.6. The first-order valence-corrected chi connectivity index (χ1v) is 12.9. The average molecular weight is 523 g/mol. The maximum atomic E-state index is 12.5. The Morgan fingerprint density at radius 2 is 1.97 bits per heavy atom. The van der Waals surface area contributed by atoms with Crippen LogP contribution in [0.2, 0.25) is 0 Å². The van der Waals surface area contributed by atoms with Gasteiger partial charge >= 0.3 is 5.97 Å². The fourth-order valence-corrected chi connectivity index (χ4v) is 5.86. The Bertz CT molecular complexity index is 1580. The van der Waals surface area contributed by atoms with Gasteiger partial charge in [0.2, 0.25) is 0 Å². The first-order chi connectivity index (χ1) is 17.0. The summed E-state index contributed by atoms with van der Waals surface area (Å²) in [6.07, 6.45) is 4.18. The average Bonchev–Trinajstić information content (AvgIpc) is 3.40. The van der Waals surface area contributed by atoms with Crippen LogP contribution < -0.4 is 0 Å². The molecule has 0 amide bonds. The molecule has 2 aromatic heterocycles. The number of fused-ring (bicyclic) bond motifs is 2. The van der Waals surface area contributed by atoms with Gasteiger partial charge < -0.3 is 9.84 Å². The largest absolute Gasteiger partial charge is 0.479 e. The van der Waals surface area contributed by atoms with E-state index in [2.05, 4.69) is 10.3 Å². The molecular formula is C27H27ClN4O3S. The topological polar surface area (TPSA) is 90.1 Å². The second-order valence-corrected chi connectivity index (χ2v) is 11.5. The number of rotatable bonds is 5. The summed E-state index contributed by atoms with van der Waals surface area (Å²) in [6.45, 7) is 7.53. The molecule has 2 heterocycles. The lowest BCUT2D eigenvalue weighted by Crippen LogP contribution is -2.28. The third kappa shape index (κ3) is 4.56. The predicted molar refractivity (Wildman–Crippen MR) is 144 cm³/mol. The number of hydrogen-bond acceptors (Lipinski definition) is 6. The maximum Gasteiger partial charge on any atom is 0.337 e. The number of nitrogens with zero attached hydrogens (tertiary/aromatic N) is 4. The van der Waals surface area contributed by atoms with E-state index >= 15 is 0 Å². The van der Waals surface area contributed by atoms with Crippen LogP contribution in [0.15, 0.2) is 41.4 Å². The number of aromatic nitrogens is 4. The molecule has 1 aliphatic rings. The first-order valence-electron chi connectivity index (χ1n) is 11.7. The van der Waals surface area contributed by atoms with E-state index in [9.17, 15) is 9.90 Å². The summed E-state index contributed by atoms with van der Waals surface area (Å²) in [7, 11) is 1.86. The van der Waals surface area contributed by atoms with Crippen LogP contribution in [0.5, 0.6) is 0 Å². The van der Waals surface area contributed by atoms with Gasteiger partial charge in [-0.15, -0.1) is 16.4 Å². The zero-order chi connectivity index (χ0) is 25.8. The predicted octanol–water partition coefficient (Wildman–Crippen LogP) is 6.79. The van der Waals surface area contributed by atoms with E-state index < -0.39 is 17.7 Å². The summed E-state index contributed by atoms with van der Waals surface area (Å²) in [6, 6.07) is 7.95. The van der Waals surface area contributed by atoms with Gasteiger partial charge in [0.1, 0.15) is 10.5 Å². The van der Waals surface area contributed by atoms with Gasteiger partial charge in [-0.1, -0.05) is 22.9 Å². The van der Waals surface area contributed by atoms with Gasteiger partial charge in [0, 0.05) is 28.8 Å². The number of aryl methyl sites for hydroxylation is 2. The number of ether oxygens (including phenoxy) is 1. The summed E-state index contributed by atoms with van der Waals surface area (Å²) in [4.78, 5) is 17.5. The highest BCUT2D eigenvalue weighted by molar-refractivity contribution is 7.22. The van der Waals surface area contributed by atoms with Crippen molar-refractivity contribution in [3.8, 4) is 10.6 Å². The number of halogens is 1. The Balaban J connectivity index is 1.76. The molecule has 36 heavy (non-hydrogen) atoms. The second kappa shape index (κ2) is 9.10. The monoisotopic (exact) mass is 522 g/mol.